The molecule has 1 aliphatic rings. The minimum absolute atomic E-state index is 0.0178. The quantitative estimate of drug-likeness (QED) is 0.381. The van der Waals surface area contributed by atoms with E-state index in [2.05, 4.69) is 12.6 Å². The zero-order chi connectivity index (χ0) is 16.8. The molecule has 0 aliphatic carbocycles. The molecule has 0 saturated carbocycles. The summed E-state index contributed by atoms with van der Waals surface area (Å²) in [7, 11) is 1.35. The Bertz CT molecular complexity index is 607. The maximum absolute atomic E-state index is 12.3. The second kappa shape index (κ2) is 8.38. The van der Waals surface area contributed by atoms with Crippen LogP contribution in [0.3, 0.4) is 0 Å². The number of piperidine rings is 1. The van der Waals surface area contributed by atoms with Crippen LogP contribution in [0.15, 0.2) is 36.1 Å². The highest BCUT2D eigenvalue weighted by atomic mass is 35.5. The van der Waals surface area contributed by atoms with Gasteiger partial charge in [-0.05, 0) is 23.6 Å². The smallest absolute Gasteiger partial charge is 0.327 e. The molecule has 1 aromatic rings. The Morgan fingerprint density at radius 2 is 2.22 bits per heavy atom. The van der Waals surface area contributed by atoms with E-state index in [0.29, 0.717) is 30.1 Å². The number of carbonyl (C=O) groups excluding carboxylic acids is 2. The van der Waals surface area contributed by atoms with E-state index in [-0.39, 0.29) is 11.2 Å². The van der Waals surface area contributed by atoms with Gasteiger partial charge in [-0.1, -0.05) is 29.8 Å². The van der Waals surface area contributed by atoms with Gasteiger partial charge in [-0.2, -0.15) is 12.6 Å². The highest BCUT2D eigenvalue weighted by Crippen LogP contribution is 2.33. The third kappa shape index (κ3) is 4.28. The highest BCUT2D eigenvalue weighted by Gasteiger charge is 2.34. The molecule has 5 nitrogen and oxygen atoms in total. The SMILES string of the molecule is COC(=O)[C@H](c1ccccc1Cl)N1CCC(S)C(=COC=O)C1. The molecule has 124 valence electrons. The van der Waals surface area contributed by atoms with E-state index in [4.69, 9.17) is 21.1 Å². The van der Waals surface area contributed by atoms with Crippen molar-refractivity contribution in [2.75, 3.05) is 20.2 Å². The molecule has 0 bridgehead atoms. The molecule has 1 unspecified atom stereocenters. The number of halogens is 1. The van der Waals surface area contributed by atoms with E-state index in [1.54, 1.807) is 6.07 Å². The second-order valence-corrected chi connectivity index (χ2v) is 6.18. The summed E-state index contributed by atoms with van der Waals surface area (Å²) in [4.78, 5) is 24.7. The third-order valence-electron chi connectivity index (χ3n) is 3.77. The van der Waals surface area contributed by atoms with Crippen molar-refractivity contribution in [3.63, 3.8) is 0 Å². The number of esters is 1. The maximum atomic E-state index is 12.3. The molecule has 1 saturated heterocycles. The molecule has 0 spiro atoms. The summed E-state index contributed by atoms with van der Waals surface area (Å²) >= 11 is 10.7. The molecule has 0 radical (unpaired) electrons. The van der Waals surface area contributed by atoms with Crippen LogP contribution in [-0.4, -0.2) is 42.8 Å². The Morgan fingerprint density at radius 1 is 1.48 bits per heavy atom. The standard InChI is InChI=1S/C16H18ClNO4S/c1-21-16(20)15(12-4-2-3-5-13(12)17)18-7-6-14(23)11(8-18)9-22-10-19/h2-5,9-10,14-15,23H,6-8H2,1H3/t14?,15-/m0/s1. The Labute approximate surface area is 145 Å². The molecule has 23 heavy (non-hydrogen) atoms. The van der Waals surface area contributed by atoms with E-state index in [1.807, 2.05) is 23.1 Å². The summed E-state index contributed by atoms with van der Waals surface area (Å²) in [5.41, 5.74) is 1.52. The second-order valence-electron chi connectivity index (χ2n) is 5.15. The molecular weight excluding hydrogens is 338 g/mol. The van der Waals surface area contributed by atoms with Gasteiger partial charge in [0.1, 0.15) is 6.04 Å². The van der Waals surface area contributed by atoms with Crippen LogP contribution >= 0.6 is 24.2 Å². The van der Waals surface area contributed by atoms with Crippen LogP contribution in [-0.2, 0) is 19.1 Å². The average Bonchev–Trinajstić information content (AvgIpc) is 2.56. The minimum Gasteiger partial charge on any atom is -0.468 e. The number of benzene rings is 1. The van der Waals surface area contributed by atoms with Crippen molar-refractivity contribution in [3.8, 4) is 0 Å². The zero-order valence-electron chi connectivity index (χ0n) is 12.6. The lowest BCUT2D eigenvalue weighted by atomic mass is 9.99. The van der Waals surface area contributed by atoms with Crippen LogP contribution in [0.4, 0.5) is 0 Å². The Kier molecular flexibility index (Phi) is 6.50. The normalized spacial score (nSPS) is 21.7. The lowest BCUT2D eigenvalue weighted by Gasteiger charge is -2.36. The van der Waals surface area contributed by atoms with Gasteiger partial charge in [0, 0.05) is 23.4 Å². The van der Waals surface area contributed by atoms with Gasteiger partial charge in [0.05, 0.1) is 13.4 Å². The lowest BCUT2D eigenvalue weighted by Crippen LogP contribution is -2.42. The molecular formula is C16H18ClNO4S. The van der Waals surface area contributed by atoms with Crippen molar-refractivity contribution in [2.45, 2.75) is 17.7 Å². The van der Waals surface area contributed by atoms with Gasteiger partial charge in [-0.15, -0.1) is 0 Å². The molecule has 1 heterocycles. The molecule has 1 aromatic carbocycles. The van der Waals surface area contributed by atoms with Gasteiger partial charge in [0.2, 0.25) is 0 Å². The number of carbonyl (C=O) groups is 2. The van der Waals surface area contributed by atoms with E-state index in [0.717, 1.165) is 12.0 Å². The number of hydrogen-bond acceptors (Lipinski definition) is 6. The molecule has 1 aliphatic heterocycles. The van der Waals surface area contributed by atoms with E-state index in [1.165, 1.54) is 13.4 Å². The summed E-state index contributed by atoms with van der Waals surface area (Å²) < 4.78 is 9.68. The summed E-state index contributed by atoms with van der Waals surface area (Å²) in [6.07, 6.45) is 2.10. The van der Waals surface area contributed by atoms with Gasteiger partial charge < -0.3 is 9.47 Å². The Hall–Kier alpha value is -1.50. The van der Waals surface area contributed by atoms with Crippen LogP contribution in [0.2, 0.25) is 5.02 Å². The predicted octanol–water partition coefficient (Wildman–Crippen LogP) is 2.62. The number of ether oxygens (including phenoxy) is 2. The number of methoxy groups -OCH3 is 1. The van der Waals surface area contributed by atoms with Crippen LogP contribution in [0.5, 0.6) is 0 Å². The fourth-order valence-corrected chi connectivity index (χ4v) is 3.12. The van der Waals surface area contributed by atoms with Gasteiger partial charge in [-0.3, -0.25) is 9.69 Å². The van der Waals surface area contributed by atoms with E-state index in [9.17, 15) is 9.59 Å². The molecule has 0 N–H and O–H groups in total. The third-order valence-corrected chi connectivity index (χ3v) is 4.70. The molecule has 2 rings (SSSR count). The van der Waals surface area contributed by atoms with Crippen molar-refractivity contribution >= 4 is 36.7 Å². The van der Waals surface area contributed by atoms with Crippen LogP contribution in [0.25, 0.3) is 0 Å². The fraction of sp³-hybridized carbons (Fsp3) is 0.375. The Balaban J connectivity index is 2.31. The summed E-state index contributed by atoms with van der Waals surface area (Å²) in [6, 6.07) is 6.57. The van der Waals surface area contributed by atoms with Crippen LogP contribution in [0, 0.1) is 0 Å². The van der Waals surface area contributed by atoms with Crippen molar-refractivity contribution in [1.29, 1.82) is 0 Å². The lowest BCUT2D eigenvalue weighted by molar-refractivity contribution is -0.147. The van der Waals surface area contributed by atoms with Crippen LogP contribution in [0.1, 0.15) is 18.0 Å². The highest BCUT2D eigenvalue weighted by molar-refractivity contribution is 7.81. The summed E-state index contributed by atoms with van der Waals surface area (Å²) in [5.74, 6) is -0.383. The minimum atomic E-state index is -0.617. The number of rotatable bonds is 5. The topological polar surface area (TPSA) is 55.8 Å². The Morgan fingerprint density at radius 3 is 2.87 bits per heavy atom. The summed E-state index contributed by atoms with van der Waals surface area (Å²) in [6.45, 7) is 1.45. The first-order valence-electron chi connectivity index (χ1n) is 7.11. The first-order chi connectivity index (χ1) is 11.1. The van der Waals surface area contributed by atoms with Gasteiger partial charge in [0.15, 0.2) is 0 Å². The van der Waals surface area contributed by atoms with E-state index >= 15 is 0 Å². The van der Waals surface area contributed by atoms with Gasteiger partial charge in [-0.25, -0.2) is 4.79 Å². The number of nitrogens with zero attached hydrogens (tertiary/aromatic N) is 1. The fourth-order valence-electron chi connectivity index (χ4n) is 2.63. The molecule has 0 aromatic heterocycles. The zero-order valence-corrected chi connectivity index (χ0v) is 14.3. The van der Waals surface area contributed by atoms with Crippen molar-refractivity contribution in [2.24, 2.45) is 0 Å². The van der Waals surface area contributed by atoms with Gasteiger partial charge >= 0.3 is 5.97 Å². The maximum Gasteiger partial charge on any atom is 0.327 e. The first-order valence-corrected chi connectivity index (χ1v) is 8.00. The monoisotopic (exact) mass is 355 g/mol. The number of hydrogen-bond donors (Lipinski definition) is 1. The average molecular weight is 356 g/mol. The summed E-state index contributed by atoms with van der Waals surface area (Å²) in [5, 5.41) is 0.487. The van der Waals surface area contributed by atoms with Gasteiger partial charge in [0.25, 0.3) is 6.47 Å². The van der Waals surface area contributed by atoms with Crippen molar-refractivity contribution in [1.82, 2.24) is 4.90 Å². The molecule has 2 atom stereocenters. The molecule has 0 amide bonds. The number of thiol groups is 1. The van der Waals surface area contributed by atoms with Crippen LogP contribution < -0.4 is 0 Å². The van der Waals surface area contributed by atoms with Crippen molar-refractivity contribution in [3.05, 3.63) is 46.7 Å². The van der Waals surface area contributed by atoms with Crippen molar-refractivity contribution < 1.29 is 19.1 Å². The predicted molar refractivity (Wildman–Crippen MR) is 90.4 cm³/mol. The number of likely N-dealkylation sites (tertiary alicyclic amines) is 1. The molecule has 1 fully saturated rings. The molecule has 7 heteroatoms. The van der Waals surface area contributed by atoms with E-state index < -0.39 is 6.04 Å². The first kappa shape index (κ1) is 17.8. The largest absolute Gasteiger partial charge is 0.468 e.